The fourth-order valence-electron chi connectivity index (χ4n) is 8.69. The molecule has 4 fully saturated rings. The first-order valence-corrected chi connectivity index (χ1v) is 18.9. The highest BCUT2D eigenvalue weighted by Crippen LogP contribution is 2.48. The number of alkyl halides is 2. The molecule has 5 aliphatic heterocycles. The lowest BCUT2D eigenvalue weighted by atomic mass is 9.78. The molecule has 3 N–H and O–H groups in total. The lowest BCUT2D eigenvalue weighted by Gasteiger charge is -2.56. The summed E-state index contributed by atoms with van der Waals surface area (Å²) in [7, 11) is 1.38. The van der Waals surface area contributed by atoms with Gasteiger partial charge in [-0.3, -0.25) is 4.90 Å². The molecule has 18 heteroatoms. The van der Waals surface area contributed by atoms with Crippen molar-refractivity contribution in [1.82, 2.24) is 30.2 Å². The van der Waals surface area contributed by atoms with Gasteiger partial charge in [-0.25, -0.2) is 28.0 Å². The number of urea groups is 1. The summed E-state index contributed by atoms with van der Waals surface area (Å²) in [5.74, 6) is -0.970. The molecule has 12 nitrogen and oxygen atoms in total. The number of nitriles is 1. The number of nitrogen functional groups attached to an aromatic ring is 1. The molecule has 2 aromatic heterocycles. The maximum Gasteiger partial charge on any atom is 0.340 e. The van der Waals surface area contributed by atoms with E-state index >= 15 is 4.39 Å². The third kappa shape index (κ3) is 5.97. The lowest BCUT2D eigenvalue weighted by Crippen LogP contribution is -2.70. The van der Waals surface area contributed by atoms with Gasteiger partial charge in [-0.2, -0.15) is 20.7 Å². The van der Waals surface area contributed by atoms with Gasteiger partial charge in [0.05, 0.1) is 27.9 Å². The zero-order chi connectivity index (χ0) is 37.3. The number of carbonyl (C=O) groups excluding carboxylic acids is 1. The summed E-state index contributed by atoms with van der Waals surface area (Å²) in [4.78, 5) is 32.3. The first kappa shape index (κ1) is 35.9. The van der Waals surface area contributed by atoms with Gasteiger partial charge in [0.1, 0.15) is 40.7 Å². The first-order chi connectivity index (χ1) is 25.4. The molecule has 0 bridgehead atoms. The van der Waals surface area contributed by atoms with E-state index in [0.29, 0.717) is 43.3 Å². The van der Waals surface area contributed by atoms with E-state index < -0.39 is 29.0 Å². The molecule has 278 valence electrons. The van der Waals surface area contributed by atoms with E-state index in [4.69, 9.17) is 33.7 Å². The van der Waals surface area contributed by atoms with Crippen LogP contribution in [0.15, 0.2) is 23.2 Å². The molecule has 4 aromatic rings. The van der Waals surface area contributed by atoms with Crippen molar-refractivity contribution in [3.8, 4) is 23.2 Å². The number of likely N-dealkylation sites (tertiary alicyclic amines) is 1. The van der Waals surface area contributed by atoms with Gasteiger partial charge < -0.3 is 20.3 Å². The van der Waals surface area contributed by atoms with Crippen molar-refractivity contribution in [2.24, 2.45) is 4.99 Å². The Balaban J connectivity index is 0.000000386. The van der Waals surface area contributed by atoms with E-state index in [9.17, 15) is 18.8 Å². The second-order valence-corrected chi connectivity index (χ2v) is 15.9. The number of fused-ring (bicyclic) bond motifs is 3. The number of aromatic nitrogens is 2. The quantitative estimate of drug-likeness (QED) is 0.173. The Kier molecular flexibility index (Phi) is 9.21. The molecule has 2 amide bonds. The van der Waals surface area contributed by atoms with Crippen LogP contribution in [0, 0.1) is 23.0 Å². The summed E-state index contributed by atoms with van der Waals surface area (Å²) in [6, 6.07) is 6.38. The number of nitrogens with one attached hydrogen (secondary N) is 1. The summed E-state index contributed by atoms with van der Waals surface area (Å²) in [5.41, 5.74) is 7.74. The van der Waals surface area contributed by atoms with E-state index in [-0.39, 0.29) is 60.4 Å². The number of hydrogen-bond donors (Lipinski definition) is 2. The van der Waals surface area contributed by atoms with Crippen molar-refractivity contribution in [1.29, 1.82) is 5.26 Å². The Morgan fingerprint density at radius 3 is 2.77 bits per heavy atom. The van der Waals surface area contributed by atoms with Crippen LogP contribution in [0.25, 0.3) is 32.1 Å². The van der Waals surface area contributed by atoms with Crippen LogP contribution >= 0.6 is 34.5 Å². The smallest absolute Gasteiger partial charge is 0.340 e. The van der Waals surface area contributed by atoms with Crippen molar-refractivity contribution in [3.05, 3.63) is 40.4 Å². The number of aliphatic imine (C=N–C) groups is 1. The number of methoxy groups -OCH3 is 1. The second kappa shape index (κ2) is 13.6. The molecule has 5 aliphatic rings. The Labute approximate surface area is 316 Å². The van der Waals surface area contributed by atoms with Crippen LogP contribution in [0.3, 0.4) is 0 Å². The third-order valence-corrected chi connectivity index (χ3v) is 12.4. The second-order valence-electron chi connectivity index (χ2n) is 14.1. The number of amides is 2. The largest absolute Gasteiger partial charge is 0.467 e. The van der Waals surface area contributed by atoms with Crippen LogP contribution in [0.4, 0.5) is 28.8 Å². The number of hydrogen-bond acceptors (Lipinski definition) is 11. The normalized spacial score (nSPS) is 26.3. The number of halogens is 5. The molecule has 5 atom stereocenters. The van der Waals surface area contributed by atoms with E-state index in [1.165, 1.54) is 43.4 Å². The van der Waals surface area contributed by atoms with Crippen molar-refractivity contribution in [2.45, 2.75) is 68.4 Å². The van der Waals surface area contributed by atoms with Gasteiger partial charge >= 0.3 is 12.0 Å². The van der Waals surface area contributed by atoms with Gasteiger partial charge in [0.15, 0.2) is 11.4 Å². The van der Waals surface area contributed by atoms with Gasteiger partial charge in [0.25, 0.3) is 0 Å². The molecule has 2 aromatic carbocycles. The van der Waals surface area contributed by atoms with Crippen LogP contribution < -0.4 is 20.8 Å². The molecule has 4 unspecified atom stereocenters. The van der Waals surface area contributed by atoms with E-state index in [1.54, 1.807) is 6.07 Å². The number of nitrogens with zero attached hydrogens (tertiary/aromatic N) is 8. The van der Waals surface area contributed by atoms with Gasteiger partial charge in [0.2, 0.25) is 0 Å². The fourth-order valence-corrected chi connectivity index (χ4v) is 10.1. The van der Waals surface area contributed by atoms with E-state index in [0.717, 1.165) is 30.7 Å². The van der Waals surface area contributed by atoms with E-state index in [1.807, 2.05) is 22.8 Å². The highest BCUT2D eigenvalue weighted by atomic mass is 35.5. The van der Waals surface area contributed by atoms with Crippen molar-refractivity contribution in [2.75, 3.05) is 43.9 Å². The fraction of sp³-hybridized carbons (Fsp3) is 0.457. The topological polar surface area (TPSA) is 139 Å². The number of anilines is 2. The monoisotopic (exact) mass is 786 g/mol. The lowest BCUT2D eigenvalue weighted by molar-refractivity contribution is -0.0204. The molecule has 0 radical (unpaired) electrons. The zero-order valence-electron chi connectivity index (χ0n) is 28.8. The number of carbonyl (C=O) groups is 1. The minimum absolute atomic E-state index is 0.0181. The minimum atomic E-state index is -0.783. The maximum atomic E-state index is 16.6. The zero-order valence-corrected chi connectivity index (χ0v) is 31.1. The number of thiophene rings is 1. The number of hydrazine groups is 1. The molecule has 53 heavy (non-hydrogen) atoms. The van der Waals surface area contributed by atoms with Crippen LogP contribution in [-0.2, 0) is 0 Å². The third-order valence-electron chi connectivity index (χ3n) is 10.9. The van der Waals surface area contributed by atoms with Gasteiger partial charge in [-0.05, 0) is 63.3 Å². The Morgan fingerprint density at radius 2 is 2.08 bits per heavy atom. The molecule has 0 saturated carbocycles. The minimum Gasteiger partial charge on any atom is -0.467 e. The van der Waals surface area contributed by atoms with Crippen LogP contribution in [-0.4, -0.2) is 99.9 Å². The standard InChI is InChI=1S/C28H23Cl2F2N9O2S.C7H12FN/c1-12-8-28(41(12)27(42)40-11-35-25(30)38-40)5-6-39(10-28)24-14-7-16(29)19(20(32)21(14)36-26(37-24)43-2)13-3-4-17(31)22-18(13)15(9-33)23(34)44-22;8-6-4-7-2-1-3-9(7)5-6/h3-4,7,11-12,25,38H,5-6,8,10,34H2,1-2H3;6-7H,1-5H2/t12?,25?,28-;/m1./s1. The van der Waals surface area contributed by atoms with Gasteiger partial charge in [0, 0.05) is 48.1 Å². The molecule has 7 heterocycles. The van der Waals surface area contributed by atoms with Crippen molar-refractivity contribution < 1.29 is 22.7 Å². The number of nitrogens with two attached hydrogens (primary N) is 1. The SMILES string of the molecule is COc1nc(N2CC[C@@]3(CC(C)N3C(=O)N3C=NC(Cl)N3)C2)c2cc(Cl)c(-c3ccc(F)c4sc(N)c(C#N)c34)c(F)c2n1.FC1CC2CCCN2C1. The highest BCUT2D eigenvalue weighted by molar-refractivity contribution is 7.23. The number of rotatable bonds is 3. The summed E-state index contributed by atoms with van der Waals surface area (Å²) in [5, 5.41) is 11.7. The molecule has 0 aliphatic carbocycles. The summed E-state index contributed by atoms with van der Waals surface area (Å²) in [6.45, 7) is 4.77. The average molecular weight is 788 g/mol. The predicted molar refractivity (Wildman–Crippen MR) is 199 cm³/mol. The van der Waals surface area contributed by atoms with Gasteiger partial charge in [-0.1, -0.05) is 29.3 Å². The average Bonchev–Trinajstić information content (AvgIpc) is 3.96. The van der Waals surface area contributed by atoms with Crippen LogP contribution in [0.5, 0.6) is 6.01 Å². The number of benzene rings is 2. The van der Waals surface area contributed by atoms with Crippen molar-refractivity contribution in [3.63, 3.8) is 0 Å². The molecule has 1 spiro atoms. The first-order valence-electron chi connectivity index (χ1n) is 17.3. The van der Waals surface area contributed by atoms with Gasteiger partial charge in [-0.15, -0.1) is 11.3 Å². The van der Waals surface area contributed by atoms with Crippen molar-refractivity contribution >= 4 is 78.7 Å². The Hall–Kier alpha value is -4.14. The molecular weight excluding hydrogens is 752 g/mol. The summed E-state index contributed by atoms with van der Waals surface area (Å²) in [6.07, 6.45) is 5.59. The van der Waals surface area contributed by atoms with Crippen LogP contribution in [0.2, 0.25) is 5.02 Å². The molecular formula is C35H35Cl2F3N10O2S. The molecule has 4 saturated heterocycles. The Bertz CT molecular complexity index is 2210. The Morgan fingerprint density at radius 1 is 1.26 bits per heavy atom. The van der Waals surface area contributed by atoms with Crippen LogP contribution in [0.1, 0.15) is 44.6 Å². The number of ether oxygens (including phenoxy) is 1. The summed E-state index contributed by atoms with van der Waals surface area (Å²) >= 11 is 13.7. The highest BCUT2D eigenvalue weighted by Gasteiger charge is 2.57. The van der Waals surface area contributed by atoms with E-state index in [2.05, 4.69) is 25.3 Å². The maximum absolute atomic E-state index is 16.6. The predicted octanol–water partition coefficient (Wildman–Crippen LogP) is 6.63. The summed E-state index contributed by atoms with van der Waals surface area (Å²) < 4.78 is 49.4. The molecule has 9 rings (SSSR count).